The summed E-state index contributed by atoms with van der Waals surface area (Å²) in [5.74, 6) is -0.987. The van der Waals surface area contributed by atoms with Crippen molar-refractivity contribution >= 4 is 125 Å². The van der Waals surface area contributed by atoms with Crippen molar-refractivity contribution in [3.8, 4) is 22.8 Å². The van der Waals surface area contributed by atoms with Crippen molar-refractivity contribution in [2.75, 3.05) is 0 Å². The third kappa shape index (κ3) is 15.0. The van der Waals surface area contributed by atoms with E-state index in [1.54, 1.807) is 0 Å². The minimum atomic E-state index is -0.481. The van der Waals surface area contributed by atoms with Gasteiger partial charge in [-0.3, -0.25) is 38.6 Å². The van der Waals surface area contributed by atoms with Gasteiger partial charge >= 0.3 is 0 Å². The minimum absolute atomic E-state index is 0.0467. The third-order valence-electron chi connectivity index (χ3n) is 24.5. The van der Waals surface area contributed by atoms with Crippen LogP contribution in [-0.2, 0) is 0 Å². The van der Waals surface area contributed by atoms with Crippen LogP contribution < -0.4 is 32.3 Å². The zero-order valence-corrected chi connectivity index (χ0v) is 66.9. The molecule has 14 nitrogen and oxygen atoms in total. The number of unbranched alkanes of at least 4 members (excludes halogenated alkanes) is 18. The number of nitrogens with one attached hydrogen (secondary N) is 2. The number of imidazole rings is 2. The smallest absolute Gasteiger partial charge is 0.263 e. The standard InChI is InChI=1S/C96H116N8O6/c1-12-20-26-32-42-70(18-7)101-61(10)60(9)77-74(91(101)105)54-55-75-78(77)76(62(11)102(92(75)106)71(19-8)43-33-27-21-13-2)57-63-48-49-67-59-69(53-51-66(67)56-63)90-99-87-83-79-80-82(94(108)104(96(110)84(80)88(87)100-90)73(46-36-30-24-16-5)47-37-31-25-17-6)86-85(97-89(98-86)68-52-50-64-40-38-39-41-65(64)58-68)81(79)93(107)103(95(83)109)72(44-34-28-22-14-3)45-35-29-23-15-4/h38-41,48-59,70-73H,9-37,42-47H2,1-8H3,(H,97,98)(H,99,100)/b76-57+. The van der Waals surface area contributed by atoms with Gasteiger partial charge in [0, 0.05) is 83.5 Å². The molecule has 0 fully saturated rings. The predicted molar refractivity (Wildman–Crippen MR) is 458 cm³/mol. The minimum Gasteiger partial charge on any atom is -0.337 e. The number of hydrogen-bond acceptors (Lipinski definition) is 8. The molecule has 11 aromatic rings. The molecule has 2 aliphatic rings. The van der Waals surface area contributed by atoms with Gasteiger partial charge in [0.2, 0.25) is 0 Å². The molecule has 0 saturated carbocycles. The molecule has 2 atom stereocenters. The highest BCUT2D eigenvalue weighted by Gasteiger charge is 2.48. The van der Waals surface area contributed by atoms with Crippen LogP contribution >= 0.6 is 0 Å². The molecule has 2 unspecified atom stereocenters. The second-order valence-electron chi connectivity index (χ2n) is 31.9. The van der Waals surface area contributed by atoms with Crippen LogP contribution in [0, 0.1) is 0 Å². The number of hydrogen-bond donors (Lipinski definition) is 2. The summed E-state index contributed by atoms with van der Waals surface area (Å²) in [6.07, 6.45) is 32.0. The van der Waals surface area contributed by atoms with E-state index in [1.807, 2.05) is 45.5 Å². The van der Waals surface area contributed by atoms with Gasteiger partial charge in [-0.25, -0.2) is 9.97 Å². The molecule has 0 aliphatic carbocycles. The number of amides is 4. The second kappa shape index (κ2) is 35.2. The van der Waals surface area contributed by atoms with Crippen LogP contribution in [0.5, 0.6) is 0 Å². The maximum absolute atomic E-state index is 16.5. The normalized spacial score (nSPS) is 14.1. The first-order valence-electron chi connectivity index (χ1n) is 42.5. The fourth-order valence-electron chi connectivity index (χ4n) is 18.4. The summed E-state index contributed by atoms with van der Waals surface area (Å²) >= 11 is 0. The highest BCUT2D eigenvalue weighted by Crippen LogP contribution is 2.49. The molecule has 0 bridgehead atoms. The molecule has 4 amide bonds. The van der Waals surface area contributed by atoms with Crippen LogP contribution in [0.3, 0.4) is 0 Å². The van der Waals surface area contributed by atoms with Gasteiger partial charge < -0.3 is 19.1 Å². The van der Waals surface area contributed by atoms with E-state index in [4.69, 9.17) is 16.5 Å². The summed E-state index contributed by atoms with van der Waals surface area (Å²) in [5.41, 5.74) is 4.18. The van der Waals surface area contributed by atoms with E-state index < -0.39 is 35.7 Å². The SMILES string of the molecule is C=c1c(=C)n(C(CC)CCCCCC)c(=O)c2ccc3c(=O)n(C(CC)CCCCCC)c(=C)/c(=C\c4ccc5cc(-c6nc7c8c9c(c%10nc(-c%11ccc%12ccccc%12c%11)[nH]c%10c%10c9c(c7[nH]6)C(=O)N(C(CCCCCC)CCCCCC)C%10=O)C(=O)N(C(CCCCCC)CCCCCC)C8=O)ccc5c4)c3c12. The Morgan fingerprint density at radius 1 is 0.373 bits per heavy atom. The first-order chi connectivity index (χ1) is 53.6. The van der Waals surface area contributed by atoms with Crippen LogP contribution in [-0.4, -0.2) is 74.6 Å². The molecule has 576 valence electrons. The van der Waals surface area contributed by atoms with Gasteiger partial charge in [-0.05, 0) is 120 Å². The Balaban J connectivity index is 1.02. The van der Waals surface area contributed by atoms with Crippen molar-refractivity contribution in [3.05, 3.63) is 161 Å². The fourth-order valence-corrected chi connectivity index (χ4v) is 18.4. The van der Waals surface area contributed by atoms with Gasteiger partial charge in [-0.1, -0.05) is 290 Å². The van der Waals surface area contributed by atoms with E-state index >= 15 is 28.8 Å². The second-order valence-corrected chi connectivity index (χ2v) is 31.9. The van der Waals surface area contributed by atoms with Gasteiger partial charge in [0.05, 0.1) is 33.3 Å². The molecular formula is C96H116N8O6. The Hall–Kier alpha value is -9.56. The lowest BCUT2D eigenvalue weighted by molar-refractivity contribution is 0.0498. The monoisotopic (exact) mass is 1480 g/mol. The Labute approximate surface area is 648 Å². The van der Waals surface area contributed by atoms with Crippen LogP contribution in [0.25, 0.3) is 125 Å². The van der Waals surface area contributed by atoms with Gasteiger partial charge in [-0.15, -0.1) is 0 Å². The number of aromatic amines is 2. The third-order valence-corrected chi connectivity index (χ3v) is 24.5. The summed E-state index contributed by atoms with van der Waals surface area (Å²) in [7, 11) is 0. The molecular weight excluding hydrogens is 1360 g/mol. The number of carbonyl (C=O) groups is 4. The molecule has 0 spiro atoms. The lowest BCUT2D eigenvalue weighted by Crippen LogP contribution is -2.49. The number of fused-ring (bicyclic) bond motifs is 11. The molecule has 4 aromatic heterocycles. The molecule has 6 heterocycles. The molecule has 7 aromatic carbocycles. The number of carbonyl (C=O) groups excluding carboxylic acids is 4. The summed E-state index contributed by atoms with van der Waals surface area (Å²) in [4.78, 5) is 117. The lowest BCUT2D eigenvalue weighted by atomic mass is 9.82. The fraction of sp³-hybridized carbons (Fsp3) is 0.458. The first kappa shape index (κ1) is 78.6. The molecule has 2 N–H and O–H groups in total. The summed E-state index contributed by atoms with van der Waals surface area (Å²) in [5, 5.41) is 9.20. The number of nitrogens with zero attached hydrogens (tertiary/aromatic N) is 6. The van der Waals surface area contributed by atoms with Gasteiger partial charge in [0.1, 0.15) is 22.7 Å². The zero-order chi connectivity index (χ0) is 77.4. The topological polar surface area (TPSA) is 176 Å². The van der Waals surface area contributed by atoms with E-state index in [2.05, 4.69) is 139 Å². The first-order valence-corrected chi connectivity index (χ1v) is 42.5. The van der Waals surface area contributed by atoms with E-state index in [0.29, 0.717) is 96.9 Å². The highest BCUT2D eigenvalue weighted by atomic mass is 16.2. The molecule has 2 aliphatic heterocycles. The lowest BCUT2D eigenvalue weighted by Gasteiger charge is -2.38. The Kier molecular flexibility index (Phi) is 25.1. The van der Waals surface area contributed by atoms with Crippen LogP contribution in [0.15, 0.2) is 101 Å². The van der Waals surface area contributed by atoms with E-state index in [-0.39, 0.29) is 61.7 Å². The van der Waals surface area contributed by atoms with E-state index in [9.17, 15) is 0 Å². The van der Waals surface area contributed by atoms with Crippen LogP contribution in [0.2, 0.25) is 0 Å². The van der Waals surface area contributed by atoms with Crippen molar-refractivity contribution in [1.82, 2.24) is 38.9 Å². The maximum atomic E-state index is 16.5. The molecule has 14 heteroatoms. The summed E-state index contributed by atoms with van der Waals surface area (Å²) in [6.45, 7) is 31.5. The Morgan fingerprint density at radius 2 is 0.736 bits per heavy atom. The van der Waals surface area contributed by atoms with Crippen LogP contribution in [0.1, 0.15) is 320 Å². The average molecular weight is 1480 g/mol. The van der Waals surface area contributed by atoms with E-state index in [1.165, 1.54) is 9.80 Å². The Bertz CT molecular complexity index is 5520. The zero-order valence-electron chi connectivity index (χ0n) is 66.9. The average Bonchev–Trinajstić information content (AvgIpc) is 1.30. The summed E-state index contributed by atoms with van der Waals surface area (Å²) in [6, 6.07) is 29.3. The number of benzene rings is 7. The number of aromatic nitrogens is 6. The molecule has 110 heavy (non-hydrogen) atoms. The largest absolute Gasteiger partial charge is 0.337 e. The quantitative estimate of drug-likeness (QED) is 0.0217. The van der Waals surface area contributed by atoms with Crippen molar-refractivity contribution < 1.29 is 19.2 Å². The number of rotatable bonds is 39. The number of H-pyrrole nitrogens is 2. The van der Waals surface area contributed by atoms with E-state index in [0.717, 1.165) is 218 Å². The highest BCUT2D eigenvalue weighted by molar-refractivity contribution is 6.42. The van der Waals surface area contributed by atoms with Crippen LogP contribution in [0.4, 0.5) is 0 Å². The maximum Gasteiger partial charge on any atom is 0.263 e. The molecule has 13 rings (SSSR count). The molecule has 0 radical (unpaired) electrons. The predicted octanol–water partition coefficient (Wildman–Crippen LogP) is 21.6. The van der Waals surface area contributed by atoms with Crippen molar-refractivity contribution in [1.29, 1.82) is 0 Å². The summed E-state index contributed by atoms with van der Waals surface area (Å²) < 4.78 is 3.77. The van der Waals surface area contributed by atoms with Gasteiger partial charge in [-0.2, -0.15) is 0 Å². The van der Waals surface area contributed by atoms with Crippen molar-refractivity contribution in [2.24, 2.45) is 0 Å². The molecule has 0 saturated heterocycles. The van der Waals surface area contributed by atoms with Gasteiger partial charge in [0.25, 0.3) is 34.7 Å². The number of imide groups is 2. The number of pyridine rings is 2. The van der Waals surface area contributed by atoms with Crippen molar-refractivity contribution in [3.63, 3.8) is 0 Å². The Morgan fingerprint density at radius 3 is 1.17 bits per heavy atom. The van der Waals surface area contributed by atoms with Gasteiger partial charge in [0.15, 0.2) is 0 Å². The van der Waals surface area contributed by atoms with Crippen molar-refractivity contribution in [2.45, 2.75) is 285 Å².